The number of aryl methyl sites for hydroxylation is 1. The van der Waals surface area contributed by atoms with E-state index in [4.69, 9.17) is 4.74 Å². The summed E-state index contributed by atoms with van der Waals surface area (Å²) in [4.78, 5) is 16.2. The van der Waals surface area contributed by atoms with Gasteiger partial charge in [0.2, 0.25) is 0 Å². The lowest BCUT2D eigenvalue weighted by Gasteiger charge is -2.12. The Balaban J connectivity index is 1.73. The van der Waals surface area contributed by atoms with Crippen molar-refractivity contribution in [3.8, 4) is 0 Å². The molecule has 1 heterocycles. The summed E-state index contributed by atoms with van der Waals surface area (Å²) in [6.45, 7) is -1.09. The van der Waals surface area contributed by atoms with Crippen molar-refractivity contribution in [1.29, 1.82) is 0 Å². The third-order valence-electron chi connectivity index (χ3n) is 3.77. The number of carbonyl (C=O) groups excluding carboxylic acids is 1. The summed E-state index contributed by atoms with van der Waals surface area (Å²) in [5.41, 5.74) is 2.82. The van der Waals surface area contributed by atoms with Gasteiger partial charge in [-0.1, -0.05) is 29.8 Å². The van der Waals surface area contributed by atoms with Gasteiger partial charge in [-0.3, -0.25) is 4.57 Å². The fourth-order valence-corrected chi connectivity index (χ4v) is 2.40. The van der Waals surface area contributed by atoms with E-state index in [1.807, 2.05) is 31.2 Å². The van der Waals surface area contributed by atoms with Crippen LogP contribution in [0.1, 0.15) is 28.3 Å². The molecule has 7 heteroatoms. The number of rotatable bonds is 6. The van der Waals surface area contributed by atoms with E-state index in [2.05, 4.69) is 10.3 Å². The number of alkyl halides is 2. The molecule has 1 aromatic heterocycles. The number of aromatic nitrogens is 2. The third-order valence-corrected chi connectivity index (χ3v) is 3.77. The van der Waals surface area contributed by atoms with Gasteiger partial charge in [-0.05, 0) is 31.2 Å². The Hall–Kier alpha value is -3.22. The van der Waals surface area contributed by atoms with Gasteiger partial charge in [-0.2, -0.15) is 8.78 Å². The van der Waals surface area contributed by atoms with E-state index in [9.17, 15) is 13.6 Å². The van der Waals surface area contributed by atoms with Crippen molar-refractivity contribution in [3.63, 3.8) is 0 Å². The summed E-state index contributed by atoms with van der Waals surface area (Å²) in [5, 5.41) is 3.16. The Morgan fingerprint density at radius 2 is 1.92 bits per heavy atom. The smallest absolute Gasteiger partial charge is 0.340 e. The van der Waals surface area contributed by atoms with Crippen molar-refractivity contribution >= 4 is 17.3 Å². The zero-order chi connectivity index (χ0) is 18.5. The molecule has 0 unspecified atom stereocenters. The zero-order valence-electron chi connectivity index (χ0n) is 14.0. The van der Waals surface area contributed by atoms with Crippen molar-refractivity contribution in [2.45, 2.75) is 20.1 Å². The number of imidazole rings is 1. The van der Waals surface area contributed by atoms with Crippen LogP contribution in [0.5, 0.6) is 0 Å². The summed E-state index contributed by atoms with van der Waals surface area (Å²) in [6, 6.07) is 14.6. The van der Waals surface area contributed by atoms with E-state index in [-0.39, 0.29) is 12.4 Å². The highest BCUT2D eigenvalue weighted by Gasteiger charge is 2.16. The van der Waals surface area contributed by atoms with Crippen molar-refractivity contribution in [2.75, 3.05) is 5.32 Å². The number of anilines is 2. The van der Waals surface area contributed by atoms with E-state index in [0.29, 0.717) is 15.8 Å². The molecule has 0 atom stereocenters. The lowest BCUT2D eigenvalue weighted by molar-refractivity contribution is 0.0377. The van der Waals surface area contributed by atoms with Crippen LogP contribution in [0.15, 0.2) is 60.9 Å². The highest BCUT2D eigenvalue weighted by molar-refractivity contribution is 5.96. The van der Waals surface area contributed by atoms with Crippen molar-refractivity contribution in [1.82, 2.24) is 9.55 Å². The first kappa shape index (κ1) is 17.6. The molecular formula is C19H17F2N3O2. The second-order valence-electron chi connectivity index (χ2n) is 5.64. The maximum atomic E-state index is 12.8. The lowest BCUT2D eigenvalue weighted by Crippen LogP contribution is -2.11. The van der Waals surface area contributed by atoms with Gasteiger partial charge in [-0.15, -0.1) is 0 Å². The Morgan fingerprint density at radius 3 is 2.65 bits per heavy atom. The number of para-hydroxylation sites is 1. The van der Waals surface area contributed by atoms with Crippen LogP contribution in [-0.2, 0) is 11.3 Å². The minimum atomic E-state index is -2.73. The number of nitrogens with one attached hydrogen (secondary N) is 1. The number of esters is 1. The predicted molar refractivity (Wildman–Crippen MR) is 93.5 cm³/mol. The van der Waals surface area contributed by atoms with Gasteiger partial charge in [0.05, 0.1) is 11.3 Å². The molecule has 0 saturated heterocycles. The third kappa shape index (κ3) is 4.05. The second-order valence-corrected chi connectivity index (χ2v) is 5.64. The molecule has 26 heavy (non-hydrogen) atoms. The minimum absolute atomic E-state index is 0.0164. The van der Waals surface area contributed by atoms with Crippen LogP contribution >= 0.6 is 0 Å². The van der Waals surface area contributed by atoms with Gasteiger partial charge in [0.15, 0.2) is 5.82 Å². The summed E-state index contributed by atoms with van der Waals surface area (Å²) >= 11 is 0. The average Bonchev–Trinajstić information content (AvgIpc) is 3.11. The Kier molecular flexibility index (Phi) is 5.26. The molecule has 0 bridgehead atoms. The van der Waals surface area contributed by atoms with Gasteiger partial charge in [0.25, 0.3) is 0 Å². The molecule has 0 aliphatic rings. The molecular weight excluding hydrogens is 340 g/mol. The molecule has 3 rings (SSSR count). The summed E-state index contributed by atoms with van der Waals surface area (Å²) < 4.78 is 31.5. The Morgan fingerprint density at radius 1 is 1.19 bits per heavy atom. The fraction of sp³-hybridized carbons (Fsp3) is 0.158. The molecule has 0 spiro atoms. The SMILES string of the molecule is Cc1ccc(Nc2ccccc2C(=O)OCc2nccn2C(F)F)cc1. The number of hydrogen-bond acceptors (Lipinski definition) is 4. The van der Waals surface area contributed by atoms with Crippen molar-refractivity contribution in [3.05, 3.63) is 77.9 Å². The largest absolute Gasteiger partial charge is 0.454 e. The molecule has 3 aromatic rings. The topological polar surface area (TPSA) is 56.1 Å². The first-order valence-electron chi connectivity index (χ1n) is 7.94. The van der Waals surface area contributed by atoms with E-state index >= 15 is 0 Å². The van der Waals surface area contributed by atoms with Gasteiger partial charge >= 0.3 is 12.5 Å². The van der Waals surface area contributed by atoms with Crippen molar-refractivity contribution < 1.29 is 18.3 Å². The number of hydrogen-bond donors (Lipinski definition) is 1. The van der Waals surface area contributed by atoms with Gasteiger partial charge < -0.3 is 10.1 Å². The highest BCUT2D eigenvalue weighted by atomic mass is 19.3. The van der Waals surface area contributed by atoms with Gasteiger partial charge in [0.1, 0.15) is 6.61 Å². The van der Waals surface area contributed by atoms with Crippen LogP contribution < -0.4 is 5.32 Å². The van der Waals surface area contributed by atoms with Crippen LogP contribution in [0.3, 0.4) is 0 Å². The molecule has 0 saturated carbocycles. The first-order valence-corrected chi connectivity index (χ1v) is 7.94. The van der Waals surface area contributed by atoms with E-state index in [1.165, 1.54) is 6.20 Å². The molecule has 0 radical (unpaired) electrons. The molecule has 0 fully saturated rings. The van der Waals surface area contributed by atoms with Crippen LogP contribution in [0.2, 0.25) is 0 Å². The summed E-state index contributed by atoms with van der Waals surface area (Å²) in [7, 11) is 0. The lowest BCUT2D eigenvalue weighted by atomic mass is 10.1. The zero-order valence-corrected chi connectivity index (χ0v) is 14.0. The van der Waals surface area contributed by atoms with Crippen LogP contribution in [-0.4, -0.2) is 15.5 Å². The number of benzene rings is 2. The number of ether oxygens (including phenoxy) is 1. The average molecular weight is 357 g/mol. The minimum Gasteiger partial charge on any atom is -0.454 e. The predicted octanol–water partition coefficient (Wildman–Crippen LogP) is 4.69. The summed E-state index contributed by atoms with van der Waals surface area (Å²) in [6.07, 6.45) is 2.38. The quantitative estimate of drug-likeness (QED) is 0.651. The number of carbonyl (C=O) groups is 1. The molecule has 1 N–H and O–H groups in total. The summed E-state index contributed by atoms with van der Waals surface area (Å²) in [5.74, 6) is -0.638. The second kappa shape index (κ2) is 7.77. The molecule has 5 nitrogen and oxygen atoms in total. The van der Waals surface area contributed by atoms with Crippen LogP contribution in [0.25, 0.3) is 0 Å². The number of nitrogens with zero attached hydrogens (tertiary/aromatic N) is 2. The molecule has 0 aliphatic heterocycles. The molecule has 0 amide bonds. The van der Waals surface area contributed by atoms with Crippen molar-refractivity contribution in [2.24, 2.45) is 0 Å². The fourth-order valence-electron chi connectivity index (χ4n) is 2.40. The molecule has 2 aromatic carbocycles. The van der Waals surface area contributed by atoms with Crippen LogP contribution in [0.4, 0.5) is 20.2 Å². The van der Waals surface area contributed by atoms with E-state index in [1.54, 1.807) is 24.3 Å². The van der Waals surface area contributed by atoms with E-state index in [0.717, 1.165) is 17.4 Å². The highest BCUT2D eigenvalue weighted by Crippen LogP contribution is 2.22. The molecule has 134 valence electrons. The maximum absolute atomic E-state index is 12.8. The maximum Gasteiger partial charge on any atom is 0.340 e. The van der Waals surface area contributed by atoms with Crippen LogP contribution in [0, 0.1) is 6.92 Å². The molecule has 0 aliphatic carbocycles. The van der Waals surface area contributed by atoms with Gasteiger partial charge in [0, 0.05) is 18.1 Å². The Bertz CT molecular complexity index is 892. The monoisotopic (exact) mass is 357 g/mol. The Labute approximate surface area is 149 Å². The number of halogens is 2. The van der Waals surface area contributed by atoms with E-state index < -0.39 is 12.5 Å². The normalized spacial score (nSPS) is 10.8. The standard InChI is InChI=1S/C19H17F2N3O2/c1-13-6-8-14(9-7-13)23-16-5-3-2-4-15(16)18(25)26-12-17-22-10-11-24(17)19(20)21/h2-11,19,23H,12H2,1H3. The first-order chi connectivity index (χ1) is 12.5. The van der Waals surface area contributed by atoms with Gasteiger partial charge in [-0.25, -0.2) is 9.78 Å².